The highest BCUT2D eigenvalue weighted by Crippen LogP contribution is 2.18. The van der Waals surface area contributed by atoms with Gasteiger partial charge in [0, 0.05) is 24.5 Å². The number of ether oxygens (including phenoxy) is 1. The number of rotatable bonds is 7. The van der Waals surface area contributed by atoms with Gasteiger partial charge >= 0.3 is 0 Å². The van der Waals surface area contributed by atoms with E-state index in [1.54, 1.807) is 0 Å². The van der Waals surface area contributed by atoms with E-state index in [1.807, 2.05) is 55.5 Å². The van der Waals surface area contributed by atoms with Crippen LogP contribution in [-0.2, 0) is 4.79 Å². The maximum atomic E-state index is 12.0. The number of nitrogens with one attached hydrogen (secondary N) is 2. The molecule has 2 rings (SSSR count). The molecule has 0 aliphatic heterocycles. The van der Waals surface area contributed by atoms with Crippen LogP contribution in [0.2, 0.25) is 0 Å². The van der Waals surface area contributed by atoms with Crippen molar-refractivity contribution >= 4 is 34.6 Å². The van der Waals surface area contributed by atoms with E-state index < -0.39 is 0 Å². The summed E-state index contributed by atoms with van der Waals surface area (Å²) in [5.41, 5.74) is 2.96. The second-order valence-electron chi connectivity index (χ2n) is 5.78. The lowest BCUT2D eigenvalue weighted by atomic mass is 10.2. The molecule has 0 saturated heterocycles. The first-order chi connectivity index (χ1) is 12.5. The van der Waals surface area contributed by atoms with Gasteiger partial charge in [-0.2, -0.15) is 0 Å². The second kappa shape index (κ2) is 9.77. The van der Waals surface area contributed by atoms with Crippen molar-refractivity contribution in [3.63, 3.8) is 0 Å². The maximum Gasteiger partial charge on any atom is 0.264 e. The third-order valence-electron chi connectivity index (χ3n) is 3.96. The minimum atomic E-state index is -0.300. The van der Waals surface area contributed by atoms with Gasteiger partial charge in [-0.05, 0) is 68.9 Å². The molecule has 0 aliphatic rings. The predicted molar refractivity (Wildman–Crippen MR) is 111 cm³/mol. The number of carbonyl (C=O) groups is 1. The minimum absolute atomic E-state index is 0.0897. The molecule has 0 atom stereocenters. The van der Waals surface area contributed by atoms with Gasteiger partial charge in [-0.25, -0.2) is 0 Å². The first-order valence-corrected chi connectivity index (χ1v) is 9.08. The zero-order valence-corrected chi connectivity index (χ0v) is 16.2. The van der Waals surface area contributed by atoms with Crippen molar-refractivity contribution in [2.24, 2.45) is 0 Å². The van der Waals surface area contributed by atoms with Crippen LogP contribution in [0.4, 0.5) is 11.4 Å². The summed E-state index contributed by atoms with van der Waals surface area (Å²) < 4.78 is 5.51. The summed E-state index contributed by atoms with van der Waals surface area (Å²) in [6.07, 6.45) is 0. The molecule has 0 aliphatic carbocycles. The first kappa shape index (κ1) is 19.7. The van der Waals surface area contributed by atoms with Gasteiger partial charge in [-0.3, -0.25) is 10.1 Å². The van der Waals surface area contributed by atoms with Gasteiger partial charge in [0.25, 0.3) is 5.91 Å². The number of hydrogen-bond acceptors (Lipinski definition) is 4. The first-order valence-electron chi connectivity index (χ1n) is 8.67. The Morgan fingerprint density at radius 3 is 2.35 bits per heavy atom. The average molecular weight is 372 g/mol. The van der Waals surface area contributed by atoms with Gasteiger partial charge in [-0.1, -0.05) is 18.2 Å². The van der Waals surface area contributed by atoms with E-state index in [2.05, 4.69) is 29.4 Å². The SMILES string of the molecule is CCN(CC)c1ccc(NC(=S)NC(=O)COc2ccccc2C)cc1. The number of anilines is 2. The molecule has 0 unspecified atom stereocenters. The van der Waals surface area contributed by atoms with Gasteiger partial charge < -0.3 is 15.0 Å². The standard InChI is InChI=1S/C20H25N3O2S/c1-4-23(5-2)17-12-10-16(11-13-17)21-20(26)22-19(24)14-25-18-9-7-6-8-15(18)3/h6-13H,4-5,14H2,1-3H3,(H2,21,22,24,26). The Morgan fingerprint density at radius 1 is 1.08 bits per heavy atom. The smallest absolute Gasteiger partial charge is 0.264 e. The number of para-hydroxylation sites is 1. The lowest BCUT2D eigenvalue weighted by Gasteiger charge is -2.21. The van der Waals surface area contributed by atoms with Crippen molar-refractivity contribution in [1.29, 1.82) is 0 Å². The van der Waals surface area contributed by atoms with Crippen molar-refractivity contribution in [3.05, 3.63) is 54.1 Å². The van der Waals surface area contributed by atoms with Crippen LogP contribution in [0.25, 0.3) is 0 Å². The molecule has 0 fully saturated rings. The van der Waals surface area contributed by atoms with E-state index in [1.165, 1.54) is 0 Å². The number of nitrogens with zero attached hydrogens (tertiary/aromatic N) is 1. The van der Waals surface area contributed by atoms with Crippen molar-refractivity contribution in [2.75, 3.05) is 29.9 Å². The fourth-order valence-electron chi connectivity index (χ4n) is 2.53. The van der Waals surface area contributed by atoms with E-state index in [-0.39, 0.29) is 17.6 Å². The summed E-state index contributed by atoms with van der Waals surface area (Å²) in [4.78, 5) is 14.2. The van der Waals surface area contributed by atoms with Crippen LogP contribution in [0, 0.1) is 6.92 Å². The van der Waals surface area contributed by atoms with Gasteiger partial charge in [0.1, 0.15) is 5.75 Å². The number of thiocarbonyl (C=S) groups is 1. The monoisotopic (exact) mass is 371 g/mol. The molecule has 2 N–H and O–H groups in total. The highest BCUT2D eigenvalue weighted by Gasteiger charge is 2.08. The predicted octanol–water partition coefficient (Wildman–Crippen LogP) is 3.73. The molecule has 0 spiro atoms. The molecule has 0 radical (unpaired) electrons. The summed E-state index contributed by atoms with van der Waals surface area (Å²) in [6, 6.07) is 15.5. The molecule has 2 aromatic carbocycles. The largest absolute Gasteiger partial charge is 0.483 e. The number of aryl methyl sites for hydroxylation is 1. The third kappa shape index (κ3) is 5.74. The number of carbonyl (C=O) groups excluding carboxylic acids is 1. The van der Waals surface area contributed by atoms with Gasteiger partial charge in [0.15, 0.2) is 11.7 Å². The van der Waals surface area contributed by atoms with E-state index in [0.717, 1.165) is 30.0 Å². The summed E-state index contributed by atoms with van der Waals surface area (Å²) in [5.74, 6) is 0.388. The zero-order chi connectivity index (χ0) is 18.9. The van der Waals surface area contributed by atoms with Crippen LogP contribution in [0.15, 0.2) is 48.5 Å². The van der Waals surface area contributed by atoms with E-state index >= 15 is 0 Å². The molecule has 0 bridgehead atoms. The van der Waals surface area contributed by atoms with E-state index in [0.29, 0.717) is 5.75 Å². The molecular weight excluding hydrogens is 346 g/mol. The molecule has 6 heteroatoms. The second-order valence-corrected chi connectivity index (χ2v) is 6.18. The van der Waals surface area contributed by atoms with Crippen molar-refractivity contribution in [2.45, 2.75) is 20.8 Å². The highest BCUT2D eigenvalue weighted by atomic mass is 32.1. The van der Waals surface area contributed by atoms with Gasteiger partial charge in [-0.15, -0.1) is 0 Å². The molecule has 0 heterocycles. The summed E-state index contributed by atoms with van der Waals surface area (Å²) in [7, 11) is 0. The third-order valence-corrected chi connectivity index (χ3v) is 4.16. The summed E-state index contributed by atoms with van der Waals surface area (Å²) in [5, 5.41) is 5.88. The number of amides is 1. The van der Waals surface area contributed by atoms with Crippen LogP contribution in [0.5, 0.6) is 5.75 Å². The summed E-state index contributed by atoms with van der Waals surface area (Å²) >= 11 is 5.19. The molecule has 2 aromatic rings. The fourth-order valence-corrected chi connectivity index (χ4v) is 2.76. The topological polar surface area (TPSA) is 53.6 Å². The summed E-state index contributed by atoms with van der Waals surface area (Å²) in [6.45, 7) is 8.00. The van der Waals surface area contributed by atoms with E-state index in [4.69, 9.17) is 17.0 Å². The average Bonchev–Trinajstić information content (AvgIpc) is 2.63. The normalized spacial score (nSPS) is 10.1. The Morgan fingerprint density at radius 2 is 1.73 bits per heavy atom. The molecule has 5 nitrogen and oxygen atoms in total. The van der Waals surface area contributed by atoms with Crippen LogP contribution < -0.4 is 20.3 Å². The molecule has 0 saturated carbocycles. The van der Waals surface area contributed by atoms with Gasteiger partial charge in [0.2, 0.25) is 0 Å². The van der Waals surface area contributed by atoms with Crippen LogP contribution >= 0.6 is 12.2 Å². The van der Waals surface area contributed by atoms with Crippen LogP contribution in [0.3, 0.4) is 0 Å². The molecule has 26 heavy (non-hydrogen) atoms. The Labute approximate surface area is 160 Å². The lowest BCUT2D eigenvalue weighted by Crippen LogP contribution is -2.37. The maximum absolute atomic E-state index is 12.0. The molecular formula is C20H25N3O2S. The van der Waals surface area contributed by atoms with E-state index in [9.17, 15) is 4.79 Å². The van der Waals surface area contributed by atoms with Crippen molar-refractivity contribution < 1.29 is 9.53 Å². The minimum Gasteiger partial charge on any atom is -0.483 e. The van der Waals surface area contributed by atoms with Crippen LogP contribution in [-0.4, -0.2) is 30.7 Å². The van der Waals surface area contributed by atoms with Crippen molar-refractivity contribution in [1.82, 2.24) is 5.32 Å². The fraction of sp³-hybridized carbons (Fsp3) is 0.300. The molecule has 1 amide bonds. The Kier molecular flexibility index (Phi) is 7.41. The number of benzene rings is 2. The van der Waals surface area contributed by atoms with Crippen molar-refractivity contribution in [3.8, 4) is 5.75 Å². The molecule has 138 valence electrons. The zero-order valence-electron chi connectivity index (χ0n) is 15.4. The Hall–Kier alpha value is -2.60. The Balaban J connectivity index is 1.82. The number of hydrogen-bond donors (Lipinski definition) is 2. The molecule has 0 aromatic heterocycles. The van der Waals surface area contributed by atoms with Crippen LogP contribution in [0.1, 0.15) is 19.4 Å². The lowest BCUT2D eigenvalue weighted by molar-refractivity contribution is -0.121. The van der Waals surface area contributed by atoms with Gasteiger partial charge in [0.05, 0.1) is 0 Å². The Bertz CT molecular complexity index is 743. The quantitative estimate of drug-likeness (QED) is 0.727. The highest BCUT2D eigenvalue weighted by molar-refractivity contribution is 7.80.